The van der Waals surface area contributed by atoms with Crippen molar-refractivity contribution in [2.75, 3.05) is 20.8 Å². The number of rotatable bonds is 2. The van der Waals surface area contributed by atoms with Gasteiger partial charge in [0.2, 0.25) is 0 Å². The second-order valence-corrected chi connectivity index (χ2v) is 5.33. The van der Waals surface area contributed by atoms with Gasteiger partial charge in [0, 0.05) is 12.1 Å². The molecule has 1 aliphatic carbocycles. The zero-order valence-electron chi connectivity index (χ0n) is 11.2. The highest BCUT2D eigenvalue weighted by atomic mass is 16.5. The van der Waals surface area contributed by atoms with Crippen molar-refractivity contribution in [3.8, 4) is 11.5 Å². The predicted octanol–water partition coefficient (Wildman–Crippen LogP) is 2.62. The molecular formula is C15H21NO2. The summed E-state index contributed by atoms with van der Waals surface area (Å²) in [7, 11) is 3.42. The number of hydrogen-bond donors (Lipinski definition) is 1. The minimum Gasteiger partial charge on any atom is -0.493 e. The van der Waals surface area contributed by atoms with Gasteiger partial charge in [-0.25, -0.2) is 0 Å². The van der Waals surface area contributed by atoms with Crippen LogP contribution in [0, 0.1) is 0 Å². The fourth-order valence-corrected chi connectivity index (χ4v) is 3.53. The molecule has 3 heteroatoms. The number of hydrogen-bond acceptors (Lipinski definition) is 3. The number of methoxy groups -OCH3 is 2. The van der Waals surface area contributed by atoms with E-state index in [9.17, 15) is 0 Å². The third-order valence-corrected chi connectivity index (χ3v) is 4.44. The first-order valence-electron chi connectivity index (χ1n) is 6.79. The number of benzene rings is 1. The molecule has 0 radical (unpaired) electrons. The normalized spacial score (nSPS) is 20.8. The Labute approximate surface area is 108 Å². The van der Waals surface area contributed by atoms with Crippen LogP contribution in [0.5, 0.6) is 11.5 Å². The molecule has 0 amide bonds. The maximum Gasteiger partial charge on any atom is 0.161 e. The Hall–Kier alpha value is -1.22. The summed E-state index contributed by atoms with van der Waals surface area (Å²) in [5, 5.41) is 3.74. The van der Waals surface area contributed by atoms with E-state index in [1.807, 2.05) is 0 Å². The first kappa shape index (κ1) is 11.8. The van der Waals surface area contributed by atoms with Crippen molar-refractivity contribution in [1.82, 2.24) is 5.32 Å². The van der Waals surface area contributed by atoms with Gasteiger partial charge < -0.3 is 14.8 Å². The van der Waals surface area contributed by atoms with Crippen LogP contribution in [0.25, 0.3) is 0 Å². The summed E-state index contributed by atoms with van der Waals surface area (Å²) in [5.41, 5.74) is 3.06. The van der Waals surface area contributed by atoms with E-state index in [0.717, 1.165) is 24.5 Å². The molecule has 1 aromatic rings. The zero-order valence-corrected chi connectivity index (χ0v) is 11.2. The number of ether oxygens (including phenoxy) is 2. The van der Waals surface area contributed by atoms with Crippen LogP contribution in [-0.2, 0) is 12.0 Å². The first-order chi connectivity index (χ1) is 8.79. The molecule has 2 aliphatic rings. The van der Waals surface area contributed by atoms with Gasteiger partial charge in [-0.2, -0.15) is 0 Å². The van der Waals surface area contributed by atoms with Gasteiger partial charge >= 0.3 is 0 Å². The van der Waals surface area contributed by atoms with Crippen LogP contribution < -0.4 is 14.8 Å². The van der Waals surface area contributed by atoms with Crippen molar-refractivity contribution in [3.05, 3.63) is 23.3 Å². The van der Waals surface area contributed by atoms with E-state index in [-0.39, 0.29) is 5.54 Å². The fraction of sp³-hybridized carbons (Fsp3) is 0.600. The molecule has 0 unspecified atom stereocenters. The molecule has 3 nitrogen and oxygen atoms in total. The van der Waals surface area contributed by atoms with E-state index >= 15 is 0 Å². The van der Waals surface area contributed by atoms with Crippen LogP contribution in [0.1, 0.15) is 36.8 Å². The van der Waals surface area contributed by atoms with Gasteiger partial charge in [0.1, 0.15) is 0 Å². The van der Waals surface area contributed by atoms with Crippen molar-refractivity contribution in [3.63, 3.8) is 0 Å². The summed E-state index contributed by atoms with van der Waals surface area (Å²) in [6.07, 6.45) is 6.21. The summed E-state index contributed by atoms with van der Waals surface area (Å²) in [4.78, 5) is 0. The molecular weight excluding hydrogens is 226 g/mol. The Bertz CT molecular complexity index is 450. The summed E-state index contributed by atoms with van der Waals surface area (Å²) in [6, 6.07) is 4.35. The van der Waals surface area contributed by atoms with Crippen molar-refractivity contribution in [2.45, 2.75) is 37.6 Å². The lowest BCUT2D eigenvalue weighted by atomic mass is 9.81. The number of fused-ring (bicyclic) bond motifs is 2. The standard InChI is InChI=1S/C15H21NO2/c1-17-13-9-11-5-8-16-15(6-3-4-7-15)12(11)10-14(13)18-2/h9-10,16H,3-8H2,1-2H3. The average molecular weight is 247 g/mol. The molecule has 0 saturated heterocycles. The minimum atomic E-state index is 0.202. The molecule has 1 aliphatic heterocycles. The van der Waals surface area contributed by atoms with Crippen LogP contribution in [0.4, 0.5) is 0 Å². The highest BCUT2D eigenvalue weighted by molar-refractivity contribution is 5.51. The smallest absolute Gasteiger partial charge is 0.161 e. The van der Waals surface area contributed by atoms with Crippen molar-refractivity contribution in [2.24, 2.45) is 0 Å². The maximum absolute atomic E-state index is 5.45. The fourth-order valence-electron chi connectivity index (χ4n) is 3.53. The van der Waals surface area contributed by atoms with E-state index in [1.54, 1.807) is 14.2 Å². The molecule has 1 heterocycles. The van der Waals surface area contributed by atoms with Crippen molar-refractivity contribution >= 4 is 0 Å². The van der Waals surface area contributed by atoms with Gasteiger partial charge in [0.15, 0.2) is 11.5 Å². The third kappa shape index (κ3) is 1.69. The van der Waals surface area contributed by atoms with E-state index < -0.39 is 0 Å². The molecule has 1 fully saturated rings. The minimum absolute atomic E-state index is 0.202. The Morgan fingerprint density at radius 3 is 2.39 bits per heavy atom. The van der Waals surface area contributed by atoms with Crippen LogP contribution >= 0.6 is 0 Å². The van der Waals surface area contributed by atoms with E-state index in [1.165, 1.54) is 36.8 Å². The van der Waals surface area contributed by atoms with Gasteiger partial charge in [-0.3, -0.25) is 0 Å². The topological polar surface area (TPSA) is 30.5 Å². The summed E-state index contributed by atoms with van der Waals surface area (Å²) in [6.45, 7) is 1.07. The summed E-state index contributed by atoms with van der Waals surface area (Å²) < 4.78 is 10.9. The molecule has 98 valence electrons. The van der Waals surface area contributed by atoms with Crippen LogP contribution in [0.2, 0.25) is 0 Å². The summed E-state index contributed by atoms with van der Waals surface area (Å²) >= 11 is 0. The zero-order chi connectivity index (χ0) is 12.6. The van der Waals surface area contributed by atoms with Gasteiger partial charge in [0.25, 0.3) is 0 Å². The van der Waals surface area contributed by atoms with E-state index in [4.69, 9.17) is 9.47 Å². The van der Waals surface area contributed by atoms with Gasteiger partial charge in [-0.15, -0.1) is 0 Å². The molecule has 0 aromatic heterocycles. The lowest BCUT2D eigenvalue weighted by molar-refractivity contribution is 0.315. The second kappa shape index (κ2) is 4.47. The average Bonchev–Trinajstić information content (AvgIpc) is 2.87. The van der Waals surface area contributed by atoms with Crippen LogP contribution in [0.3, 0.4) is 0 Å². The second-order valence-electron chi connectivity index (χ2n) is 5.33. The highest BCUT2D eigenvalue weighted by Crippen LogP contribution is 2.45. The number of nitrogens with one attached hydrogen (secondary N) is 1. The monoisotopic (exact) mass is 247 g/mol. The Morgan fingerprint density at radius 2 is 1.72 bits per heavy atom. The molecule has 1 N–H and O–H groups in total. The van der Waals surface area contributed by atoms with Crippen molar-refractivity contribution in [1.29, 1.82) is 0 Å². The molecule has 1 saturated carbocycles. The molecule has 0 atom stereocenters. The maximum atomic E-state index is 5.45. The van der Waals surface area contributed by atoms with Crippen LogP contribution in [0.15, 0.2) is 12.1 Å². The largest absolute Gasteiger partial charge is 0.493 e. The van der Waals surface area contributed by atoms with E-state index in [0.29, 0.717) is 0 Å². The summed E-state index contributed by atoms with van der Waals surface area (Å²) in [5.74, 6) is 1.71. The molecule has 0 bridgehead atoms. The third-order valence-electron chi connectivity index (χ3n) is 4.44. The highest BCUT2D eigenvalue weighted by Gasteiger charge is 2.39. The quantitative estimate of drug-likeness (QED) is 0.871. The Kier molecular flexibility index (Phi) is 2.94. The van der Waals surface area contributed by atoms with Crippen molar-refractivity contribution < 1.29 is 9.47 Å². The van der Waals surface area contributed by atoms with Gasteiger partial charge in [0.05, 0.1) is 14.2 Å². The van der Waals surface area contributed by atoms with E-state index in [2.05, 4.69) is 17.4 Å². The molecule has 18 heavy (non-hydrogen) atoms. The molecule has 1 aromatic carbocycles. The predicted molar refractivity (Wildman–Crippen MR) is 71.4 cm³/mol. The first-order valence-corrected chi connectivity index (χ1v) is 6.79. The Balaban J connectivity index is 2.11. The molecule has 1 spiro atoms. The lowest BCUT2D eigenvalue weighted by Crippen LogP contribution is -2.45. The Morgan fingerprint density at radius 1 is 1.06 bits per heavy atom. The lowest BCUT2D eigenvalue weighted by Gasteiger charge is -2.37. The van der Waals surface area contributed by atoms with Gasteiger partial charge in [-0.1, -0.05) is 12.8 Å². The SMILES string of the molecule is COc1cc2c(cc1OC)C1(CCCC1)NCC2. The van der Waals surface area contributed by atoms with Gasteiger partial charge in [-0.05, 0) is 42.5 Å². The molecule has 3 rings (SSSR count). The van der Waals surface area contributed by atoms with Crippen LogP contribution in [-0.4, -0.2) is 20.8 Å².